The number of allylic oxidation sites excluding steroid dienone is 1. The second kappa shape index (κ2) is 4.08. The van der Waals surface area contributed by atoms with Crippen molar-refractivity contribution in [2.24, 2.45) is 4.99 Å². The molecule has 0 radical (unpaired) electrons. The Hall–Kier alpha value is -2.26. The maximum Gasteiger partial charge on any atom is 0.152 e. The lowest BCUT2D eigenvalue weighted by atomic mass is 10.2. The van der Waals surface area contributed by atoms with Gasteiger partial charge in [0.25, 0.3) is 0 Å². The third kappa shape index (κ3) is 1.64. The lowest BCUT2D eigenvalue weighted by molar-refractivity contribution is 0.415. The number of nitrogen functional groups attached to an aromatic ring is 1. The Bertz CT molecular complexity index is 490. The third-order valence-corrected chi connectivity index (χ3v) is 2.36. The Labute approximate surface area is 92.8 Å². The van der Waals surface area contributed by atoms with Gasteiger partial charge in [0.05, 0.1) is 24.7 Å². The molecule has 0 saturated carbocycles. The molecular formula is C11H11N3O2. The van der Waals surface area contributed by atoms with Gasteiger partial charge in [-0.1, -0.05) is 0 Å². The van der Waals surface area contributed by atoms with Crippen molar-refractivity contribution in [3.8, 4) is 5.75 Å². The summed E-state index contributed by atoms with van der Waals surface area (Å²) in [5.74, 6) is 2.50. The first kappa shape index (κ1) is 10.3. The lowest BCUT2D eigenvalue weighted by Crippen LogP contribution is -2.19. The number of hydrogen-bond acceptors (Lipinski definition) is 5. The molecule has 82 valence electrons. The van der Waals surface area contributed by atoms with E-state index in [-0.39, 0.29) is 0 Å². The van der Waals surface area contributed by atoms with E-state index in [1.807, 2.05) is 5.94 Å². The number of nitrogens with two attached hydrogens (primary N) is 1. The van der Waals surface area contributed by atoms with Crippen LogP contribution in [0.3, 0.4) is 0 Å². The molecule has 0 bridgehead atoms. The van der Waals surface area contributed by atoms with Crippen molar-refractivity contribution < 1.29 is 9.53 Å². The largest absolute Gasteiger partial charge is 0.497 e. The summed E-state index contributed by atoms with van der Waals surface area (Å²) in [5.41, 5.74) is 7.53. The third-order valence-electron chi connectivity index (χ3n) is 2.36. The van der Waals surface area contributed by atoms with Crippen LogP contribution in [-0.2, 0) is 4.79 Å². The zero-order chi connectivity index (χ0) is 11.5. The fourth-order valence-electron chi connectivity index (χ4n) is 1.55. The molecule has 16 heavy (non-hydrogen) atoms. The van der Waals surface area contributed by atoms with E-state index in [9.17, 15) is 4.79 Å². The number of carbonyl (C=O) groups excluding carboxylic acids is 1. The Morgan fingerprint density at radius 3 is 3.00 bits per heavy atom. The molecule has 0 atom stereocenters. The van der Waals surface area contributed by atoms with Crippen LogP contribution in [-0.4, -0.2) is 25.9 Å². The first-order valence-electron chi connectivity index (χ1n) is 4.72. The van der Waals surface area contributed by atoms with Crippen molar-refractivity contribution in [3.05, 3.63) is 23.9 Å². The number of anilines is 2. The second-order valence-electron chi connectivity index (χ2n) is 3.29. The number of hydrogen-bond donors (Lipinski definition) is 1. The summed E-state index contributed by atoms with van der Waals surface area (Å²) in [6, 6.07) is 5.28. The van der Waals surface area contributed by atoms with E-state index in [2.05, 4.69) is 4.99 Å². The highest BCUT2D eigenvalue weighted by Crippen LogP contribution is 2.30. The van der Waals surface area contributed by atoms with Crippen molar-refractivity contribution in [1.29, 1.82) is 0 Å². The van der Waals surface area contributed by atoms with Crippen molar-refractivity contribution in [3.63, 3.8) is 0 Å². The Morgan fingerprint density at radius 1 is 1.56 bits per heavy atom. The standard InChI is InChI=1S/C11H11N3O2/c1-16-9-2-3-11(10(12)4-9)14-7-13-5-8(14)6-15/h2-5H,7,12H2,1H3. The van der Waals surface area contributed by atoms with E-state index >= 15 is 0 Å². The highest BCUT2D eigenvalue weighted by atomic mass is 16.5. The van der Waals surface area contributed by atoms with Crippen molar-refractivity contribution in [2.75, 3.05) is 24.4 Å². The van der Waals surface area contributed by atoms with Gasteiger partial charge < -0.3 is 15.4 Å². The fourth-order valence-corrected chi connectivity index (χ4v) is 1.55. The number of ether oxygens (including phenoxy) is 1. The molecular weight excluding hydrogens is 206 g/mol. The van der Waals surface area contributed by atoms with E-state index < -0.39 is 0 Å². The second-order valence-corrected chi connectivity index (χ2v) is 3.29. The first-order chi connectivity index (χ1) is 7.76. The summed E-state index contributed by atoms with van der Waals surface area (Å²) in [4.78, 5) is 16.4. The summed E-state index contributed by atoms with van der Waals surface area (Å²) in [6.45, 7) is 0.390. The van der Waals surface area contributed by atoms with Crippen LogP contribution in [0.5, 0.6) is 5.75 Å². The Balaban J connectivity index is 2.38. The Kier molecular flexibility index (Phi) is 2.62. The molecule has 5 heteroatoms. The summed E-state index contributed by atoms with van der Waals surface area (Å²) in [5, 5.41) is 0. The van der Waals surface area contributed by atoms with Gasteiger partial charge in [0, 0.05) is 6.07 Å². The molecule has 2 N–H and O–H groups in total. The van der Waals surface area contributed by atoms with Gasteiger partial charge in [-0.25, -0.2) is 4.79 Å². The summed E-state index contributed by atoms with van der Waals surface area (Å²) < 4.78 is 5.05. The van der Waals surface area contributed by atoms with Gasteiger partial charge in [0.2, 0.25) is 0 Å². The number of nitrogens with zero attached hydrogens (tertiary/aromatic N) is 2. The molecule has 1 aliphatic rings. The summed E-state index contributed by atoms with van der Waals surface area (Å²) in [7, 11) is 1.57. The monoisotopic (exact) mass is 217 g/mol. The number of rotatable bonds is 2. The van der Waals surface area contributed by atoms with E-state index in [0.717, 1.165) is 5.69 Å². The van der Waals surface area contributed by atoms with E-state index in [0.29, 0.717) is 23.8 Å². The van der Waals surface area contributed by atoms with Gasteiger partial charge >= 0.3 is 0 Å². The van der Waals surface area contributed by atoms with E-state index in [1.54, 1.807) is 30.2 Å². The number of methoxy groups -OCH3 is 1. The summed E-state index contributed by atoms with van der Waals surface area (Å²) in [6.07, 6.45) is 1.48. The zero-order valence-electron chi connectivity index (χ0n) is 8.80. The van der Waals surface area contributed by atoms with E-state index in [1.165, 1.54) is 6.21 Å². The van der Waals surface area contributed by atoms with Crippen LogP contribution in [0.4, 0.5) is 11.4 Å². The minimum Gasteiger partial charge on any atom is -0.497 e. The van der Waals surface area contributed by atoms with Gasteiger partial charge in [-0.3, -0.25) is 4.99 Å². The molecule has 0 fully saturated rings. The lowest BCUT2D eigenvalue weighted by Gasteiger charge is -2.18. The van der Waals surface area contributed by atoms with Gasteiger partial charge in [-0.05, 0) is 12.1 Å². The zero-order valence-corrected chi connectivity index (χ0v) is 8.80. The fraction of sp³-hybridized carbons (Fsp3) is 0.182. The highest BCUT2D eigenvalue weighted by Gasteiger charge is 2.18. The van der Waals surface area contributed by atoms with Crippen LogP contribution < -0.4 is 15.4 Å². The molecule has 1 aliphatic heterocycles. The maximum absolute atomic E-state index is 10.7. The topological polar surface area (TPSA) is 67.9 Å². The predicted molar refractivity (Wildman–Crippen MR) is 62.5 cm³/mol. The minimum absolute atomic E-state index is 0.386. The Morgan fingerprint density at radius 2 is 2.38 bits per heavy atom. The van der Waals surface area contributed by atoms with Gasteiger partial charge in [-0.2, -0.15) is 0 Å². The predicted octanol–water partition coefficient (Wildman–Crippen LogP) is 0.841. The molecule has 1 aromatic carbocycles. The molecule has 0 aromatic heterocycles. The molecule has 0 saturated heterocycles. The van der Waals surface area contributed by atoms with E-state index in [4.69, 9.17) is 10.5 Å². The normalized spacial score (nSPS) is 14.1. The first-order valence-corrected chi connectivity index (χ1v) is 4.72. The molecule has 0 aliphatic carbocycles. The molecule has 0 amide bonds. The van der Waals surface area contributed by atoms with Crippen molar-refractivity contribution >= 4 is 23.5 Å². The maximum atomic E-state index is 10.7. The average molecular weight is 217 g/mol. The van der Waals surface area contributed by atoms with Crippen molar-refractivity contribution in [2.45, 2.75) is 0 Å². The number of aliphatic imine (C=N–C) groups is 1. The molecule has 1 aromatic rings. The van der Waals surface area contributed by atoms with Gasteiger partial charge in [0.1, 0.15) is 18.1 Å². The molecule has 1 heterocycles. The summed E-state index contributed by atoms with van der Waals surface area (Å²) >= 11 is 0. The molecule has 2 rings (SSSR count). The van der Waals surface area contributed by atoms with Crippen LogP contribution in [0.15, 0.2) is 28.9 Å². The van der Waals surface area contributed by atoms with Crippen LogP contribution in [0, 0.1) is 0 Å². The molecule has 0 spiro atoms. The molecule has 5 nitrogen and oxygen atoms in total. The van der Waals surface area contributed by atoms with Crippen LogP contribution in [0.1, 0.15) is 0 Å². The average Bonchev–Trinajstić information content (AvgIpc) is 2.76. The highest BCUT2D eigenvalue weighted by molar-refractivity contribution is 5.97. The van der Waals surface area contributed by atoms with Crippen LogP contribution in [0.25, 0.3) is 0 Å². The quantitative estimate of drug-likeness (QED) is 0.588. The molecule has 0 unspecified atom stereocenters. The smallest absolute Gasteiger partial charge is 0.152 e. The van der Waals surface area contributed by atoms with Gasteiger partial charge in [0.15, 0.2) is 5.94 Å². The van der Waals surface area contributed by atoms with Crippen LogP contribution in [0.2, 0.25) is 0 Å². The van der Waals surface area contributed by atoms with Gasteiger partial charge in [-0.15, -0.1) is 0 Å². The van der Waals surface area contributed by atoms with Crippen LogP contribution >= 0.6 is 0 Å². The van der Waals surface area contributed by atoms with Crippen molar-refractivity contribution in [1.82, 2.24) is 0 Å². The SMILES string of the molecule is COc1ccc(N2CN=CC2=C=O)c(N)c1. The number of benzene rings is 1. The minimum atomic E-state index is 0.386.